The summed E-state index contributed by atoms with van der Waals surface area (Å²) in [5.74, 6) is 0.436. The summed E-state index contributed by atoms with van der Waals surface area (Å²) in [5.41, 5.74) is 1.21. The van der Waals surface area contributed by atoms with E-state index in [-0.39, 0.29) is 10.9 Å². The van der Waals surface area contributed by atoms with Gasteiger partial charge < -0.3 is 5.32 Å². The molecule has 1 atom stereocenters. The van der Waals surface area contributed by atoms with Gasteiger partial charge in [-0.25, -0.2) is 10.0 Å². The van der Waals surface area contributed by atoms with Gasteiger partial charge in [-0.15, -0.1) is 0 Å². The predicted octanol–water partition coefficient (Wildman–Crippen LogP) is -1.00. The fourth-order valence-corrected chi connectivity index (χ4v) is 2.54. The second kappa shape index (κ2) is 3.53. The van der Waals surface area contributed by atoms with Crippen molar-refractivity contribution in [1.82, 2.24) is 10.3 Å². The van der Waals surface area contributed by atoms with Crippen molar-refractivity contribution in [2.24, 2.45) is 10.1 Å². The standard InChI is InChI=1S/C9H10N4O2S/c14-16(15)8-5-12-13-7-4-10-2-1-6(7)3-11-9(8)13/h3,5,7,10H,1-2,4H2. The van der Waals surface area contributed by atoms with E-state index in [1.807, 2.05) is 0 Å². The molecule has 6 nitrogen and oxygen atoms in total. The van der Waals surface area contributed by atoms with Crippen LogP contribution >= 0.6 is 0 Å². The van der Waals surface area contributed by atoms with Crippen LogP contribution in [0.2, 0.25) is 0 Å². The molecule has 0 radical (unpaired) electrons. The van der Waals surface area contributed by atoms with Crippen LogP contribution in [0.15, 0.2) is 21.9 Å². The zero-order valence-electron chi connectivity index (χ0n) is 8.42. The highest BCUT2D eigenvalue weighted by molar-refractivity contribution is 7.76. The van der Waals surface area contributed by atoms with Crippen molar-refractivity contribution in [2.45, 2.75) is 12.5 Å². The molecule has 1 N–H and O–H groups in total. The number of nitrogens with one attached hydrogen (secondary N) is 1. The lowest BCUT2D eigenvalue weighted by atomic mass is 9.99. The van der Waals surface area contributed by atoms with Gasteiger partial charge >= 0.3 is 0 Å². The zero-order chi connectivity index (χ0) is 11.1. The number of nitrogens with zero attached hydrogens (tertiary/aromatic N) is 3. The van der Waals surface area contributed by atoms with Crippen LogP contribution in [0.5, 0.6) is 0 Å². The van der Waals surface area contributed by atoms with Gasteiger partial charge in [0.1, 0.15) is 0 Å². The molecule has 3 aliphatic heterocycles. The van der Waals surface area contributed by atoms with Crippen LogP contribution in [0, 0.1) is 0 Å². The van der Waals surface area contributed by atoms with Crippen LogP contribution < -0.4 is 5.32 Å². The molecule has 0 aliphatic carbocycles. The molecule has 1 saturated heterocycles. The quantitative estimate of drug-likeness (QED) is 0.549. The Morgan fingerprint density at radius 3 is 3.19 bits per heavy atom. The van der Waals surface area contributed by atoms with E-state index in [0.29, 0.717) is 5.84 Å². The van der Waals surface area contributed by atoms with Crippen LogP contribution in [0.3, 0.4) is 0 Å². The van der Waals surface area contributed by atoms with E-state index < -0.39 is 10.3 Å². The number of hydrazone groups is 1. The molecule has 0 aromatic rings. The first-order valence-electron chi connectivity index (χ1n) is 5.04. The van der Waals surface area contributed by atoms with Crippen LogP contribution in [-0.4, -0.2) is 49.5 Å². The first-order chi connectivity index (χ1) is 7.77. The Bertz CT molecular complexity index is 550. The molecule has 84 valence electrons. The van der Waals surface area contributed by atoms with Crippen molar-refractivity contribution in [3.63, 3.8) is 0 Å². The van der Waals surface area contributed by atoms with E-state index >= 15 is 0 Å². The maximum atomic E-state index is 10.9. The number of amidine groups is 1. The third kappa shape index (κ3) is 1.32. The zero-order valence-corrected chi connectivity index (χ0v) is 9.24. The summed E-state index contributed by atoms with van der Waals surface area (Å²) in [6.45, 7) is 1.72. The second-order valence-corrected chi connectivity index (χ2v) is 4.72. The van der Waals surface area contributed by atoms with Crippen LogP contribution in [0.1, 0.15) is 6.42 Å². The molecule has 3 rings (SSSR count). The largest absolute Gasteiger partial charge is 0.314 e. The minimum absolute atomic E-state index is 0.110. The molecule has 3 heterocycles. The van der Waals surface area contributed by atoms with Crippen molar-refractivity contribution >= 4 is 27.2 Å². The Labute approximate surface area is 93.9 Å². The van der Waals surface area contributed by atoms with Gasteiger partial charge in [0, 0.05) is 12.7 Å². The Hall–Kier alpha value is -1.47. The lowest BCUT2D eigenvalue weighted by molar-refractivity contribution is 0.325. The van der Waals surface area contributed by atoms with Gasteiger partial charge in [0.2, 0.25) is 10.3 Å². The Morgan fingerprint density at radius 2 is 2.38 bits per heavy atom. The molecular formula is C9H10N4O2S. The maximum absolute atomic E-state index is 10.9. The molecule has 0 bridgehead atoms. The monoisotopic (exact) mass is 238 g/mol. The molecule has 0 spiro atoms. The van der Waals surface area contributed by atoms with Crippen molar-refractivity contribution < 1.29 is 8.42 Å². The third-order valence-electron chi connectivity index (χ3n) is 2.92. The summed E-state index contributed by atoms with van der Waals surface area (Å²) in [4.78, 5) is 4.34. The van der Waals surface area contributed by atoms with Gasteiger partial charge in [0.25, 0.3) is 0 Å². The van der Waals surface area contributed by atoms with E-state index in [2.05, 4.69) is 15.4 Å². The van der Waals surface area contributed by atoms with Crippen molar-refractivity contribution in [3.05, 3.63) is 11.8 Å². The normalized spacial score (nSPS) is 27.1. The topological polar surface area (TPSA) is 74.1 Å². The summed E-state index contributed by atoms with van der Waals surface area (Å²) in [6.07, 6.45) is 4.06. The first kappa shape index (κ1) is 9.73. The third-order valence-corrected chi connectivity index (χ3v) is 3.57. The Morgan fingerprint density at radius 1 is 1.50 bits per heavy atom. The van der Waals surface area contributed by atoms with Crippen LogP contribution in [0.25, 0.3) is 0 Å². The Kier molecular flexibility index (Phi) is 2.15. The fourth-order valence-electron chi connectivity index (χ4n) is 2.12. The summed E-state index contributed by atoms with van der Waals surface area (Å²) >= 11 is 0. The highest BCUT2D eigenvalue weighted by atomic mass is 32.2. The van der Waals surface area contributed by atoms with Crippen LogP contribution in [0.4, 0.5) is 0 Å². The van der Waals surface area contributed by atoms with Gasteiger partial charge in [0.15, 0.2) is 10.7 Å². The van der Waals surface area contributed by atoms with E-state index in [1.165, 1.54) is 11.8 Å². The number of hydrogen-bond donors (Lipinski definition) is 1. The summed E-state index contributed by atoms with van der Waals surface area (Å²) in [5, 5.41) is 9.06. The van der Waals surface area contributed by atoms with Crippen molar-refractivity contribution in [1.29, 1.82) is 0 Å². The maximum Gasteiger partial charge on any atom is 0.226 e. The number of fused-ring (bicyclic) bond motifs is 3. The molecule has 0 aromatic heterocycles. The summed E-state index contributed by atoms with van der Waals surface area (Å²) in [7, 11) is -2.28. The summed E-state index contributed by atoms with van der Waals surface area (Å²) < 4.78 is 21.9. The van der Waals surface area contributed by atoms with Crippen molar-refractivity contribution in [2.75, 3.05) is 13.1 Å². The van der Waals surface area contributed by atoms with E-state index in [9.17, 15) is 8.42 Å². The van der Waals surface area contributed by atoms with Gasteiger partial charge in [-0.05, 0) is 18.5 Å². The molecule has 0 aromatic carbocycles. The number of aliphatic imine (C=N–C) groups is 1. The SMILES string of the molecule is O=S(=O)=C1C=NN2C1=NC=C1CCNCC12. The minimum atomic E-state index is -2.28. The number of piperidine rings is 1. The second-order valence-electron chi connectivity index (χ2n) is 3.81. The molecule has 7 heteroatoms. The molecule has 0 saturated carbocycles. The molecular weight excluding hydrogens is 228 g/mol. The molecule has 0 amide bonds. The van der Waals surface area contributed by atoms with Gasteiger partial charge in [-0.3, -0.25) is 0 Å². The molecule has 3 aliphatic rings. The lowest BCUT2D eigenvalue weighted by Crippen LogP contribution is -2.48. The molecule has 1 fully saturated rings. The smallest absolute Gasteiger partial charge is 0.226 e. The summed E-state index contributed by atoms with van der Waals surface area (Å²) in [6, 6.07) is 0.110. The van der Waals surface area contributed by atoms with Gasteiger partial charge in [-0.2, -0.15) is 13.5 Å². The minimum Gasteiger partial charge on any atom is -0.314 e. The van der Waals surface area contributed by atoms with Crippen LogP contribution in [-0.2, 0) is 10.3 Å². The molecule has 16 heavy (non-hydrogen) atoms. The lowest BCUT2D eigenvalue weighted by Gasteiger charge is -2.34. The highest BCUT2D eigenvalue weighted by Crippen LogP contribution is 2.24. The van der Waals surface area contributed by atoms with E-state index in [0.717, 1.165) is 19.5 Å². The average molecular weight is 238 g/mol. The predicted molar refractivity (Wildman–Crippen MR) is 61.1 cm³/mol. The number of rotatable bonds is 0. The van der Waals surface area contributed by atoms with E-state index in [1.54, 1.807) is 11.2 Å². The van der Waals surface area contributed by atoms with E-state index in [4.69, 9.17) is 0 Å². The Balaban J connectivity index is 2.08. The fraction of sp³-hybridized carbons (Fsp3) is 0.444. The van der Waals surface area contributed by atoms with Gasteiger partial charge in [0.05, 0.1) is 12.3 Å². The first-order valence-corrected chi connectivity index (χ1v) is 6.12. The van der Waals surface area contributed by atoms with Gasteiger partial charge in [-0.1, -0.05) is 0 Å². The van der Waals surface area contributed by atoms with Crippen molar-refractivity contribution in [3.8, 4) is 0 Å². The number of hydrogen-bond acceptors (Lipinski definition) is 6. The average Bonchev–Trinajstić information content (AvgIpc) is 2.73. The highest BCUT2D eigenvalue weighted by Gasteiger charge is 2.35. The molecule has 1 unspecified atom stereocenters.